The molecule has 0 spiro atoms. The van der Waals surface area contributed by atoms with Crippen LogP contribution in [-0.4, -0.2) is 207 Å². The van der Waals surface area contributed by atoms with E-state index in [-0.39, 0.29) is 108 Å². The zero-order valence-corrected chi connectivity index (χ0v) is 78.3. The molecule has 41 heteroatoms. The van der Waals surface area contributed by atoms with Crippen LogP contribution in [0.5, 0.6) is 17.2 Å². The van der Waals surface area contributed by atoms with Gasteiger partial charge in [-0.05, 0) is 219 Å². The second-order valence-electron chi connectivity index (χ2n) is 32.7. The van der Waals surface area contributed by atoms with Crippen molar-refractivity contribution in [3.63, 3.8) is 0 Å². The molecule has 706 valence electrons. The molecule has 0 atom stereocenters. The van der Waals surface area contributed by atoms with Gasteiger partial charge in [-0.2, -0.15) is 39.5 Å². The van der Waals surface area contributed by atoms with Crippen molar-refractivity contribution in [2.75, 3.05) is 130 Å². The summed E-state index contributed by atoms with van der Waals surface area (Å²) in [5, 5.41) is 24.6. The molecular weight excluding hydrogens is 1910 g/mol. The number of ether oxygens (including phenoxy) is 5. The molecule has 0 aliphatic carbocycles. The van der Waals surface area contributed by atoms with Crippen molar-refractivity contribution in [2.45, 2.75) is 162 Å². The molecule has 3 aromatic heterocycles. The number of fused-ring (bicyclic) bond motifs is 3. The minimum atomic E-state index is -4.49. The van der Waals surface area contributed by atoms with Crippen LogP contribution in [0.15, 0.2) is 142 Å². The number of carbonyl (C=O) groups is 2. The molecule has 0 unspecified atom stereocenters. The Morgan fingerprint density at radius 1 is 0.455 bits per heavy atom. The van der Waals surface area contributed by atoms with Gasteiger partial charge in [0.15, 0.2) is 46.8 Å². The summed E-state index contributed by atoms with van der Waals surface area (Å²) >= 11 is 1.94. The van der Waals surface area contributed by atoms with Gasteiger partial charge < -0.3 is 84.4 Å². The maximum Gasteiger partial charge on any atom is 0.410 e. The summed E-state index contributed by atoms with van der Waals surface area (Å²) < 4.78 is 222. The van der Waals surface area contributed by atoms with Gasteiger partial charge in [0.1, 0.15) is 30.8 Å². The minimum Gasteiger partial charge on any atom is -0.444 e. The Labute approximate surface area is 775 Å². The number of anilines is 6. The van der Waals surface area contributed by atoms with E-state index in [1.165, 1.54) is 57.7 Å². The summed E-state index contributed by atoms with van der Waals surface area (Å²) in [6, 6.07) is 33.9. The Kier molecular flexibility index (Phi) is 35.5. The Hall–Kier alpha value is -12.3. The number of nitrogens with zero attached hydrogens (tertiary/aromatic N) is 8. The number of sulfone groups is 3. The first-order valence-electron chi connectivity index (χ1n) is 41.2. The molecule has 28 nitrogen and oxygen atoms in total. The fourth-order valence-corrected chi connectivity index (χ4v) is 16.8. The number of rotatable bonds is 24. The minimum absolute atomic E-state index is 0.00146. The van der Waals surface area contributed by atoms with Crippen LogP contribution < -0.4 is 51.4 Å². The number of nitrogens with one attached hydrogen (secondary N) is 7. The SMILES string of the molecule is CC(C)(C)OC(=O)N1CCC(Nc2cccc3c2cc(I)n3CC(F)(F)F)CC1.[C-]#[N+]COc1cc(S(C)(=O)=O)ccc1NCC#C.[C-]#[N+]COc1cc(S(C)(=O)=O)ccc1NCC#Cc1cc2c(NC3CCN(C(=O)OC(C)(C)C)CC3)cccc2n1CC(F)(F)F.[C-]#[N+]COc1cc(S(C)(=O)=O)ccc1NCC#Cc1cc2c(NC3CCNCC3)cccc2n1CC(F)(F)F. The van der Waals surface area contributed by atoms with Gasteiger partial charge in [-0.15, -0.1) is 6.42 Å². The average Bonchev–Trinajstić information content (AvgIpc) is 1.62. The maximum absolute atomic E-state index is 13.7. The molecule has 0 saturated carbocycles. The zero-order chi connectivity index (χ0) is 96.7. The van der Waals surface area contributed by atoms with E-state index >= 15 is 0 Å². The molecule has 3 fully saturated rings. The number of amides is 2. The van der Waals surface area contributed by atoms with Gasteiger partial charge in [0.25, 0.3) is 0 Å². The Morgan fingerprint density at radius 3 is 1.08 bits per heavy atom. The number of piperidine rings is 3. The summed E-state index contributed by atoms with van der Waals surface area (Å²) in [5.74, 6) is 14.4. The number of halogens is 10. The standard InChI is InChI=1S/C32H36F3N5O5S.C27H28F3N5O3S.C20H25F3IN3O2.C12H12N2O3S/c1-31(2,3)45-30(41)39-16-13-22(14-17-39)38-26-9-6-10-28-25(26)18-23(40(28)20-32(33,34)35)8-7-15-37-27-12-11-24(46(5,42)43)19-29(27)44-21-36-4;1-31-18-38-26-16-21(39(2,36)37)8-9-24(26)33-12-4-5-20-15-22-23(34-19-10-13-32-14-11-19)6-3-7-25(22)35(20)17-27(28,29)30;1-19(2,3)29-18(28)26-9-7-13(8-10-26)25-15-5-4-6-16-14(15)11-17(24)27(16)12-20(21,22)23;1-4-7-14-11-6-5-10(18(3,15)16)8-12(11)17-9-13-2/h6,9-12,18-19,22,37-38H,13-17,20-21H2,1-3,5H3;3,6-9,15-16,19,32-34H,10-14,17-18H2,2H3;4-6,11,13,25H,7-10,12H2,1-3H3;1,5-6,8,14H,7,9H2,3H3. The van der Waals surface area contributed by atoms with Gasteiger partial charge in [-0.25, -0.2) is 54.6 Å². The van der Waals surface area contributed by atoms with Gasteiger partial charge in [0.05, 0.1) is 83.0 Å². The number of likely N-dealkylation sites (tertiary alicyclic amines) is 2. The van der Waals surface area contributed by atoms with Crippen LogP contribution >= 0.6 is 22.6 Å². The van der Waals surface area contributed by atoms with Gasteiger partial charge in [-0.3, -0.25) is 14.5 Å². The lowest BCUT2D eigenvalue weighted by Gasteiger charge is -2.34. The number of terminal acetylenes is 1. The molecule has 12 rings (SSSR count). The van der Waals surface area contributed by atoms with E-state index in [2.05, 4.69) is 81.4 Å². The molecule has 3 aliphatic heterocycles. The second kappa shape index (κ2) is 45.2. The highest BCUT2D eigenvalue weighted by atomic mass is 127. The third kappa shape index (κ3) is 31.5. The second-order valence-corrected chi connectivity index (χ2v) is 39.9. The number of hydrogen-bond donors (Lipinski definition) is 7. The number of benzene rings is 6. The largest absolute Gasteiger partial charge is 0.444 e. The molecule has 132 heavy (non-hydrogen) atoms. The first kappa shape index (κ1) is 103. The van der Waals surface area contributed by atoms with Crippen molar-refractivity contribution < 1.29 is 98.0 Å². The van der Waals surface area contributed by atoms with Crippen LogP contribution in [0.3, 0.4) is 0 Å². The van der Waals surface area contributed by atoms with E-state index in [0.29, 0.717) is 98.5 Å². The lowest BCUT2D eigenvalue weighted by Crippen LogP contribution is -2.44. The smallest absolute Gasteiger partial charge is 0.410 e. The predicted molar refractivity (Wildman–Crippen MR) is 498 cm³/mol. The normalized spacial score (nSPS) is 14.2. The first-order valence-corrected chi connectivity index (χ1v) is 48.0. The molecule has 9 aromatic rings. The van der Waals surface area contributed by atoms with Crippen molar-refractivity contribution in [1.29, 1.82) is 0 Å². The van der Waals surface area contributed by atoms with Crippen LogP contribution in [0.25, 0.3) is 47.2 Å². The molecule has 3 saturated heterocycles. The Bertz CT molecular complexity index is 6280. The van der Waals surface area contributed by atoms with Gasteiger partial charge in [0.2, 0.25) is 0 Å². The molecule has 7 N–H and O–H groups in total. The summed E-state index contributed by atoms with van der Waals surface area (Å²) in [5.41, 5.74) is 4.25. The molecule has 6 aromatic carbocycles. The molecule has 0 bridgehead atoms. The summed E-state index contributed by atoms with van der Waals surface area (Å²) in [7, 11) is -10.3. The van der Waals surface area contributed by atoms with Crippen LogP contribution in [0, 0.1) is 59.4 Å². The van der Waals surface area contributed by atoms with Crippen LogP contribution in [0.1, 0.15) is 91.5 Å². The quantitative estimate of drug-likeness (QED) is 0.0128. The van der Waals surface area contributed by atoms with E-state index in [1.807, 2.05) is 82.3 Å². The monoisotopic (exact) mass is 2010 g/mol. The third-order valence-corrected chi connectivity index (χ3v) is 24.3. The predicted octanol–water partition coefficient (Wildman–Crippen LogP) is 17.6. The van der Waals surface area contributed by atoms with Crippen LogP contribution in [0.2, 0.25) is 0 Å². The maximum atomic E-state index is 13.7. The van der Waals surface area contributed by atoms with Gasteiger partial charge >= 0.3 is 50.9 Å². The highest BCUT2D eigenvalue weighted by molar-refractivity contribution is 14.1. The molecular formula is C91H101F9IN15O13S3. The van der Waals surface area contributed by atoms with Crippen LogP contribution in [0.4, 0.5) is 83.2 Å². The lowest BCUT2D eigenvalue weighted by atomic mass is 10.0. The van der Waals surface area contributed by atoms with E-state index in [4.69, 9.17) is 49.8 Å². The number of aromatic nitrogens is 3. The molecule has 3 aliphatic rings. The molecule has 6 heterocycles. The molecule has 2 amide bonds. The Morgan fingerprint density at radius 2 is 0.765 bits per heavy atom. The van der Waals surface area contributed by atoms with E-state index in [9.17, 15) is 74.4 Å². The summed E-state index contributed by atoms with van der Waals surface area (Å²) in [6.07, 6.45) is -0.907. The number of alkyl halides is 9. The summed E-state index contributed by atoms with van der Waals surface area (Å²) in [6.45, 7) is 31.5. The average molecular weight is 2010 g/mol. The summed E-state index contributed by atoms with van der Waals surface area (Å²) in [4.78, 5) is 37.5. The van der Waals surface area contributed by atoms with Crippen molar-refractivity contribution >= 4 is 131 Å². The van der Waals surface area contributed by atoms with E-state index in [0.717, 1.165) is 78.9 Å². The van der Waals surface area contributed by atoms with E-state index in [1.54, 1.807) is 70.5 Å². The van der Waals surface area contributed by atoms with Crippen molar-refractivity contribution in [3.8, 4) is 53.3 Å². The van der Waals surface area contributed by atoms with E-state index < -0.39 is 78.9 Å². The van der Waals surface area contributed by atoms with Crippen molar-refractivity contribution in [3.05, 3.63) is 177 Å². The lowest BCUT2D eigenvalue weighted by molar-refractivity contribution is -0.141. The van der Waals surface area contributed by atoms with Crippen molar-refractivity contribution in [2.24, 2.45) is 0 Å². The number of hydrogen-bond acceptors (Lipinski definition) is 20. The zero-order valence-electron chi connectivity index (χ0n) is 73.7. The van der Waals surface area contributed by atoms with Gasteiger partial charge in [0, 0.05) is 114 Å². The van der Waals surface area contributed by atoms with Gasteiger partial charge in [-0.1, -0.05) is 36.0 Å². The van der Waals surface area contributed by atoms with Crippen molar-refractivity contribution in [1.82, 2.24) is 28.8 Å². The van der Waals surface area contributed by atoms with Crippen LogP contribution in [-0.2, 0) is 58.6 Å². The number of carbonyl (C=O) groups excluding carboxylic acids is 2. The third-order valence-electron chi connectivity index (χ3n) is 20.1. The fourth-order valence-electron chi connectivity index (χ4n) is 14.1. The Balaban J connectivity index is 0.000000207. The topological polar surface area (TPSA) is 301 Å². The highest BCUT2D eigenvalue weighted by Gasteiger charge is 2.35. The molecule has 0 radical (unpaired) electrons. The highest BCUT2D eigenvalue weighted by Crippen LogP contribution is 2.38. The first-order chi connectivity index (χ1) is 62.0. The fraction of sp³-hybridized carbons (Fsp3) is 0.418.